The number of carboxylic acid groups (broad SMARTS) is 1. The van der Waals surface area contributed by atoms with E-state index in [4.69, 9.17) is 0 Å². The molecule has 4 N–H and O–H groups in total. The van der Waals surface area contributed by atoms with Crippen LogP contribution >= 0.6 is 21.6 Å². The maximum atomic E-state index is 12.0. The van der Waals surface area contributed by atoms with Crippen LogP contribution in [0.5, 0.6) is 11.5 Å². The highest BCUT2D eigenvalue weighted by Gasteiger charge is 2.21. The molecule has 0 bridgehead atoms. The number of hydrogen-bond acceptors (Lipinski definition) is 6. The lowest BCUT2D eigenvalue weighted by Gasteiger charge is -2.15. The van der Waals surface area contributed by atoms with Crippen molar-refractivity contribution in [3.63, 3.8) is 0 Å². The first-order chi connectivity index (χ1) is 15.0. The van der Waals surface area contributed by atoms with Crippen LogP contribution in [-0.2, 0) is 16.0 Å². The standard InChI is InChI=1S/C17H23NO5S2.3C2H6/c19-14-6-5-11(10-15(14)20)9-13(17(22)23)18-16(21)4-2-1-3-12-7-8-24-25-12;3*1-2/h5-6,10,12-13,19-20H,1-4,7-9H2,(H,18,21)(H,22,23);3*1-2H3. The van der Waals surface area contributed by atoms with E-state index in [-0.39, 0.29) is 23.8 Å². The number of carboxylic acids is 1. The van der Waals surface area contributed by atoms with Crippen molar-refractivity contribution in [2.24, 2.45) is 0 Å². The highest BCUT2D eigenvalue weighted by molar-refractivity contribution is 8.77. The number of nitrogens with one attached hydrogen (secondary N) is 1. The fourth-order valence-corrected chi connectivity index (χ4v) is 5.65. The van der Waals surface area contributed by atoms with E-state index in [9.17, 15) is 24.9 Å². The second-order valence-corrected chi connectivity index (χ2v) is 8.85. The number of amides is 1. The van der Waals surface area contributed by atoms with E-state index in [2.05, 4.69) is 5.32 Å². The van der Waals surface area contributed by atoms with E-state index in [1.165, 1.54) is 30.4 Å². The Bertz CT molecular complexity index is 608. The number of hydrogen-bond donors (Lipinski definition) is 4. The zero-order valence-corrected chi connectivity index (χ0v) is 21.4. The summed E-state index contributed by atoms with van der Waals surface area (Å²) in [6, 6.07) is 3.06. The number of phenolic OH excluding ortho intramolecular Hbond substituents is 2. The van der Waals surface area contributed by atoms with Crippen LogP contribution in [0.25, 0.3) is 0 Å². The van der Waals surface area contributed by atoms with E-state index >= 15 is 0 Å². The van der Waals surface area contributed by atoms with E-state index in [1.807, 2.05) is 63.1 Å². The number of benzene rings is 1. The number of unbranched alkanes of at least 4 members (excludes halogenated alkanes) is 1. The summed E-state index contributed by atoms with van der Waals surface area (Å²) in [6.45, 7) is 12.0. The maximum Gasteiger partial charge on any atom is 0.326 e. The van der Waals surface area contributed by atoms with Gasteiger partial charge in [0.1, 0.15) is 6.04 Å². The van der Waals surface area contributed by atoms with Gasteiger partial charge in [-0.1, -0.05) is 75.6 Å². The first-order valence-corrected chi connectivity index (χ1v) is 13.6. The van der Waals surface area contributed by atoms with Crippen LogP contribution in [0.4, 0.5) is 0 Å². The Morgan fingerprint density at radius 1 is 1.06 bits per heavy atom. The zero-order valence-electron chi connectivity index (χ0n) is 19.8. The maximum absolute atomic E-state index is 12.0. The molecule has 1 aliphatic rings. The van der Waals surface area contributed by atoms with Gasteiger partial charge in [0.15, 0.2) is 11.5 Å². The van der Waals surface area contributed by atoms with Crippen molar-refractivity contribution < 1.29 is 24.9 Å². The summed E-state index contributed by atoms with van der Waals surface area (Å²) in [4.78, 5) is 23.4. The van der Waals surface area contributed by atoms with Crippen LogP contribution in [0.1, 0.15) is 79.2 Å². The molecule has 2 atom stereocenters. The van der Waals surface area contributed by atoms with Crippen molar-refractivity contribution in [1.82, 2.24) is 5.32 Å². The van der Waals surface area contributed by atoms with E-state index in [1.54, 1.807) is 0 Å². The molecular weight excluding hydrogens is 434 g/mol. The third-order valence-corrected chi connectivity index (χ3v) is 7.03. The Morgan fingerprint density at radius 3 is 2.23 bits per heavy atom. The second kappa shape index (κ2) is 20.4. The van der Waals surface area contributed by atoms with Gasteiger partial charge in [-0.15, -0.1) is 0 Å². The molecule has 6 nitrogen and oxygen atoms in total. The van der Waals surface area contributed by atoms with Crippen LogP contribution in [0, 0.1) is 0 Å². The summed E-state index contributed by atoms with van der Waals surface area (Å²) in [5.41, 5.74) is 0.527. The molecule has 0 radical (unpaired) electrons. The molecule has 31 heavy (non-hydrogen) atoms. The lowest BCUT2D eigenvalue weighted by molar-refractivity contribution is -0.141. The SMILES string of the molecule is CC.CC.CC.O=C(CCCCC1CCSS1)NC(Cc1ccc(O)c(O)c1)C(=O)O. The van der Waals surface area contributed by atoms with Gasteiger partial charge < -0.3 is 20.6 Å². The van der Waals surface area contributed by atoms with Gasteiger partial charge in [-0.2, -0.15) is 0 Å². The molecule has 180 valence electrons. The summed E-state index contributed by atoms with van der Waals surface area (Å²) in [5, 5.41) is 31.3. The topological polar surface area (TPSA) is 107 Å². The van der Waals surface area contributed by atoms with Crippen LogP contribution in [0.3, 0.4) is 0 Å². The molecule has 1 heterocycles. The molecule has 8 heteroatoms. The minimum absolute atomic E-state index is 0.0465. The fourth-order valence-electron chi connectivity index (χ4n) is 2.62. The number of carbonyl (C=O) groups excluding carboxylic acids is 1. The largest absolute Gasteiger partial charge is 0.504 e. The average molecular weight is 476 g/mol. The zero-order chi connectivity index (χ0) is 24.2. The van der Waals surface area contributed by atoms with Crippen molar-refractivity contribution in [3.8, 4) is 11.5 Å². The lowest BCUT2D eigenvalue weighted by Crippen LogP contribution is -2.42. The highest BCUT2D eigenvalue weighted by atomic mass is 33.1. The minimum Gasteiger partial charge on any atom is -0.504 e. The van der Waals surface area contributed by atoms with Crippen LogP contribution < -0.4 is 5.32 Å². The van der Waals surface area contributed by atoms with Gasteiger partial charge in [0, 0.05) is 23.8 Å². The van der Waals surface area contributed by atoms with Crippen LogP contribution in [-0.4, -0.2) is 44.2 Å². The summed E-state index contributed by atoms with van der Waals surface area (Å²) in [6.07, 6.45) is 4.40. The third kappa shape index (κ3) is 14.2. The molecule has 2 unspecified atom stereocenters. The smallest absolute Gasteiger partial charge is 0.326 e. The number of phenols is 2. The fraction of sp³-hybridized carbons (Fsp3) is 0.652. The number of carbonyl (C=O) groups is 2. The van der Waals surface area contributed by atoms with Crippen molar-refractivity contribution in [2.75, 3.05) is 5.75 Å². The first kappa shape index (κ1) is 31.6. The van der Waals surface area contributed by atoms with Crippen LogP contribution in [0.15, 0.2) is 18.2 Å². The quantitative estimate of drug-likeness (QED) is 0.197. The van der Waals surface area contributed by atoms with Gasteiger partial charge in [-0.25, -0.2) is 4.79 Å². The molecular formula is C23H41NO5S2. The molecule has 1 saturated heterocycles. The van der Waals surface area contributed by atoms with Gasteiger partial charge in [0.25, 0.3) is 0 Å². The Balaban J connectivity index is 0. The highest BCUT2D eigenvalue weighted by Crippen LogP contribution is 2.39. The predicted molar refractivity (Wildman–Crippen MR) is 134 cm³/mol. The Hall–Kier alpha value is -1.54. The Morgan fingerprint density at radius 2 is 1.71 bits per heavy atom. The molecule has 1 aromatic carbocycles. The summed E-state index contributed by atoms with van der Waals surface area (Å²) in [7, 11) is 3.82. The molecule has 0 saturated carbocycles. The van der Waals surface area contributed by atoms with Crippen molar-refractivity contribution in [1.29, 1.82) is 0 Å². The third-order valence-electron chi connectivity index (χ3n) is 4.02. The monoisotopic (exact) mass is 475 g/mol. The van der Waals surface area contributed by atoms with E-state index in [0.29, 0.717) is 17.2 Å². The summed E-state index contributed by atoms with van der Waals surface area (Å²) >= 11 is 0. The van der Waals surface area contributed by atoms with Gasteiger partial charge in [-0.3, -0.25) is 4.79 Å². The summed E-state index contributed by atoms with van der Waals surface area (Å²) < 4.78 is 0. The first-order valence-electron chi connectivity index (χ1n) is 11.3. The lowest BCUT2D eigenvalue weighted by atomic mass is 10.0. The van der Waals surface area contributed by atoms with Crippen molar-refractivity contribution >= 4 is 33.5 Å². The van der Waals surface area contributed by atoms with E-state index in [0.717, 1.165) is 19.3 Å². The minimum atomic E-state index is -1.12. The van der Waals surface area contributed by atoms with Crippen LogP contribution in [0.2, 0.25) is 0 Å². The predicted octanol–water partition coefficient (Wildman–Crippen LogP) is 6.00. The molecule has 0 aromatic heterocycles. The number of rotatable bonds is 9. The summed E-state index contributed by atoms with van der Waals surface area (Å²) in [5.74, 6) is -0.776. The Kier molecular flexibility index (Phi) is 20.8. The van der Waals surface area contributed by atoms with E-state index < -0.39 is 12.0 Å². The molecule has 2 rings (SSSR count). The Labute approximate surface area is 196 Å². The van der Waals surface area contributed by atoms with Gasteiger partial charge in [0.05, 0.1) is 0 Å². The van der Waals surface area contributed by atoms with Gasteiger partial charge in [-0.05, 0) is 37.0 Å². The molecule has 0 spiro atoms. The second-order valence-electron chi connectivity index (χ2n) is 6.06. The van der Waals surface area contributed by atoms with Crippen molar-refractivity contribution in [3.05, 3.63) is 23.8 Å². The normalized spacial score (nSPS) is 15.1. The number of aliphatic carboxylic acids is 1. The van der Waals surface area contributed by atoms with Gasteiger partial charge >= 0.3 is 5.97 Å². The molecule has 1 amide bonds. The number of aromatic hydroxyl groups is 2. The molecule has 1 aromatic rings. The molecule has 1 aliphatic heterocycles. The van der Waals surface area contributed by atoms with Crippen molar-refractivity contribution in [2.45, 2.75) is 91.4 Å². The average Bonchev–Trinajstić information content (AvgIpc) is 3.31. The van der Waals surface area contributed by atoms with Gasteiger partial charge in [0.2, 0.25) is 5.91 Å². The molecule has 0 aliphatic carbocycles. The molecule has 1 fully saturated rings.